The molecule has 1 aromatic carbocycles. The lowest BCUT2D eigenvalue weighted by atomic mass is 10.2. The van der Waals surface area contributed by atoms with E-state index < -0.39 is 0 Å². The van der Waals surface area contributed by atoms with Gasteiger partial charge in [0.15, 0.2) is 10.6 Å². The van der Waals surface area contributed by atoms with Crippen molar-refractivity contribution in [3.8, 4) is 0 Å². The van der Waals surface area contributed by atoms with Crippen LogP contribution < -0.4 is 0 Å². The molecule has 0 aliphatic carbocycles. The van der Waals surface area contributed by atoms with Gasteiger partial charge in [0.2, 0.25) is 0 Å². The van der Waals surface area contributed by atoms with Gasteiger partial charge in [-0.3, -0.25) is 4.90 Å². The van der Waals surface area contributed by atoms with Crippen molar-refractivity contribution in [2.24, 2.45) is 0 Å². The maximum Gasteiger partial charge on any atom is 0.199 e. The largest absolute Gasteiger partial charge is 0.388 e. The fourth-order valence-electron chi connectivity index (χ4n) is 2.32. The summed E-state index contributed by atoms with van der Waals surface area (Å²) < 4.78 is 17.1. The van der Waals surface area contributed by atoms with Crippen LogP contribution in [0, 0.1) is 10.6 Å². The van der Waals surface area contributed by atoms with Crippen LogP contribution in [0.5, 0.6) is 0 Å². The first-order valence-corrected chi connectivity index (χ1v) is 7.66. The first kappa shape index (κ1) is 16.8. The van der Waals surface area contributed by atoms with Crippen molar-refractivity contribution in [2.45, 2.75) is 39.7 Å². The molecule has 0 saturated heterocycles. The Hall–Kier alpha value is -1.57. The quantitative estimate of drug-likeness (QED) is 0.795. The van der Waals surface area contributed by atoms with E-state index in [9.17, 15) is 9.50 Å². The first-order valence-electron chi connectivity index (χ1n) is 7.25. The minimum atomic E-state index is -0.237. The van der Waals surface area contributed by atoms with E-state index >= 15 is 0 Å². The van der Waals surface area contributed by atoms with Crippen molar-refractivity contribution in [1.29, 1.82) is 0 Å². The van der Waals surface area contributed by atoms with Crippen LogP contribution in [-0.4, -0.2) is 31.4 Å². The van der Waals surface area contributed by atoms with Crippen LogP contribution in [-0.2, 0) is 26.4 Å². The van der Waals surface area contributed by atoms with Gasteiger partial charge in [0.25, 0.3) is 0 Å². The number of aliphatic hydroxyl groups excluding tert-OH is 1. The van der Waals surface area contributed by atoms with Gasteiger partial charge in [-0.05, 0) is 43.4 Å². The average molecular weight is 324 g/mol. The lowest BCUT2D eigenvalue weighted by molar-refractivity contribution is 0.238. The fraction of sp³-hybridized carbons (Fsp3) is 0.467. The normalized spacial score (nSPS) is 11.3. The Labute approximate surface area is 134 Å². The van der Waals surface area contributed by atoms with Crippen LogP contribution in [0.4, 0.5) is 4.39 Å². The summed E-state index contributed by atoms with van der Waals surface area (Å²) in [6, 6.07) is 6.43. The molecule has 0 bridgehead atoms. The summed E-state index contributed by atoms with van der Waals surface area (Å²) in [4.78, 5) is 2.04. The fourth-order valence-corrected chi connectivity index (χ4v) is 2.62. The first-order chi connectivity index (χ1) is 10.5. The molecule has 0 aliphatic heterocycles. The molecule has 0 unspecified atom stereocenters. The topological polar surface area (TPSA) is 46.2 Å². The van der Waals surface area contributed by atoms with Gasteiger partial charge in [-0.2, -0.15) is 5.10 Å². The smallest absolute Gasteiger partial charge is 0.199 e. The lowest BCUT2D eigenvalue weighted by Gasteiger charge is -2.16. The summed E-state index contributed by atoms with van der Waals surface area (Å²) in [5.41, 5.74) is 1.02. The van der Waals surface area contributed by atoms with E-state index in [4.69, 9.17) is 12.2 Å². The Morgan fingerprint density at radius 3 is 2.59 bits per heavy atom. The number of nitrogens with zero attached hydrogens (tertiary/aromatic N) is 4. The zero-order valence-corrected chi connectivity index (χ0v) is 13.7. The van der Waals surface area contributed by atoms with Crippen LogP contribution >= 0.6 is 12.2 Å². The second kappa shape index (κ2) is 7.62. The van der Waals surface area contributed by atoms with E-state index in [-0.39, 0.29) is 12.4 Å². The van der Waals surface area contributed by atoms with Crippen molar-refractivity contribution >= 4 is 12.2 Å². The molecule has 22 heavy (non-hydrogen) atoms. The number of hydrogen-bond donors (Lipinski definition) is 1. The molecule has 1 heterocycles. The van der Waals surface area contributed by atoms with Crippen molar-refractivity contribution in [3.63, 3.8) is 0 Å². The molecule has 0 aliphatic rings. The summed E-state index contributed by atoms with van der Waals surface area (Å²) in [5, 5.41) is 13.8. The number of halogens is 1. The van der Waals surface area contributed by atoms with Gasteiger partial charge >= 0.3 is 0 Å². The molecule has 7 heteroatoms. The third-order valence-electron chi connectivity index (χ3n) is 3.33. The third kappa shape index (κ3) is 4.00. The second-order valence-corrected chi connectivity index (χ2v) is 5.66. The molecule has 0 fully saturated rings. The average Bonchev–Trinajstić information content (AvgIpc) is 2.79. The summed E-state index contributed by atoms with van der Waals surface area (Å²) >= 11 is 5.42. The highest BCUT2D eigenvalue weighted by Crippen LogP contribution is 2.08. The van der Waals surface area contributed by atoms with Crippen LogP contribution in [0.15, 0.2) is 24.3 Å². The molecule has 0 atom stereocenters. The zero-order chi connectivity index (χ0) is 16.1. The van der Waals surface area contributed by atoms with Crippen LogP contribution in [0.3, 0.4) is 0 Å². The highest BCUT2D eigenvalue weighted by Gasteiger charge is 2.11. The Morgan fingerprint density at radius 1 is 1.32 bits per heavy atom. The molecule has 0 spiro atoms. The Kier molecular flexibility index (Phi) is 5.82. The van der Waals surface area contributed by atoms with Crippen molar-refractivity contribution in [1.82, 2.24) is 19.2 Å². The number of aliphatic hydroxyl groups is 1. The molecule has 120 valence electrons. The maximum absolute atomic E-state index is 12.9. The molecule has 0 radical (unpaired) electrons. The van der Waals surface area contributed by atoms with Gasteiger partial charge in [0.05, 0.1) is 6.67 Å². The zero-order valence-electron chi connectivity index (χ0n) is 12.9. The van der Waals surface area contributed by atoms with Crippen molar-refractivity contribution in [3.05, 3.63) is 46.2 Å². The lowest BCUT2D eigenvalue weighted by Crippen LogP contribution is -2.22. The van der Waals surface area contributed by atoms with E-state index in [1.54, 1.807) is 16.8 Å². The Balaban J connectivity index is 2.09. The highest BCUT2D eigenvalue weighted by atomic mass is 32.1. The molecule has 0 amide bonds. The Morgan fingerprint density at radius 2 is 2.00 bits per heavy atom. The number of benzene rings is 1. The summed E-state index contributed by atoms with van der Waals surface area (Å²) in [6.07, 6.45) is 0.929. The van der Waals surface area contributed by atoms with Gasteiger partial charge in [-0.25, -0.2) is 9.07 Å². The Bertz CT molecular complexity index is 665. The minimum absolute atomic E-state index is 0.127. The van der Waals surface area contributed by atoms with E-state index in [1.807, 2.05) is 16.5 Å². The predicted octanol–water partition coefficient (Wildman–Crippen LogP) is 2.54. The molecule has 0 saturated carbocycles. The van der Waals surface area contributed by atoms with Crippen LogP contribution in [0.25, 0.3) is 0 Å². The predicted molar refractivity (Wildman–Crippen MR) is 85.1 cm³/mol. The monoisotopic (exact) mass is 324 g/mol. The molecule has 2 rings (SSSR count). The van der Waals surface area contributed by atoms with E-state index in [2.05, 4.69) is 12.0 Å². The second-order valence-electron chi connectivity index (χ2n) is 5.29. The van der Waals surface area contributed by atoms with Crippen molar-refractivity contribution in [2.75, 3.05) is 7.05 Å². The van der Waals surface area contributed by atoms with Gasteiger partial charge in [-0.1, -0.05) is 19.1 Å². The van der Waals surface area contributed by atoms with E-state index in [0.29, 0.717) is 23.8 Å². The van der Waals surface area contributed by atoms with E-state index in [1.165, 1.54) is 12.1 Å². The molecule has 5 nitrogen and oxygen atoms in total. The van der Waals surface area contributed by atoms with Gasteiger partial charge in [0, 0.05) is 13.1 Å². The SMILES string of the molecule is CCCn1c(CO)nn(CN(C)Cc2ccc(F)cc2)c1=S. The molecule has 1 aromatic heterocycles. The molecule has 2 aromatic rings. The number of rotatable bonds is 7. The van der Waals surface area contributed by atoms with Gasteiger partial charge in [-0.15, -0.1) is 0 Å². The minimum Gasteiger partial charge on any atom is -0.388 e. The number of hydrogen-bond acceptors (Lipinski definition) is 4. The molecular weight excluding hydrogens is 303 g/mol. The highest BCUT2D eigenvalue weighted by molar-refractivity contribution is 7.71. The summed E-state index contributed by atoms with van der Waals surface area (Å²) in [7, 11) is 1.95. The van der Waals surface area contributed by atoms with Gasteiger partial charge < -0.3 is 9.67 Å². The van der Waals surface area contributed by atoms with E-state index in [0.717, 1.165) is 18.5 Å². The number of aromatic nitrogens is 3. The van der Waals surface area contributed by atoms with Crippen LogP contribution in [0.2, 0.25) is 0 Å². The third-order valence-corrected chi connectivity index (χ3v) is 3.76. The molecular formula is C15H21FN4OS. The molecule has 1 N–H and O–H groups in total. The van der Waals surface area contributed by atoms with Crippen LogP contribution in [0.1, 0.15) is 24.7 Å². The van der Waals surface area contributed by atoms with Gasteiger partial charge in [0.1, 0.15) is 12.4 Å². The standard InChI is InChI=1S/C15H21FN4OS/c1-3-8-19-14(10-21)17-20(15(19)22)11-18(2)9-12-4-6-13(16)7-5-12/h4-7,21H,3,8-11H2,1-2H3. The maximum atomic E-state index is 12.9. The summed E-state index contributed by atoms with van der Waals surface area (Å²) in [5.74, 6) is 0.349. The summed E-state index contributed by atoms with van der Waals surface area (Å²) in [6.45, 7) is 3.85. The van der Waals surface area contributed by atoms with Crippen molar-refractivity contribution < 1.29 is 9.50 Å².